The van der Waals surface area contributed by atoms with E-state index in [4.69, 9.17) is 14.6 Å². The zero-order valence-electron chi connectivity index (χ0n) is 11.2. The minimum Gasteiger partial charge on any atom is -0.444 e. The number of hydrogen-bond acceptors (Lipinski definition) is 4. The van der Waals surface area contributed by atoms with Crippen LogP contribution in [0.2, 0.25) is 0 Å². The summed E-state index contributed by atoms with van der Waals surface area (Å²) in [4.78, 5) is 11.6. The summed E-state index contributed by atoms with van der Waals surface area (Å²) < 4.78 is 10.5. The van der Waals surface area contributed by atoms with Gasteiger partial charge in [0.25, 0.3) is 0 Å². The maximum atomic E-state index is 11.6. The van der Waals surface area contributed by atoms with Gasteiger partial charge in [-0.2, -0.15) is 0 Å². The molecule has 0 saturated carbocycles. The summed E-state index contributed by atoms with van der Waals surface area (Å²) >= 11 is 0. The van der Waals surface area contributed by atoms with Gasteiger partial charge in [-0.25, -0.2) is 4.79 Å². The number of alkyl carbamates (subject to hydrolysis) is 1. The van der Waals surface area contributed by atoms with E-state index in [1.54, 1.807) is 0 Å². The topological polar surface area (TPSA) is 71.1 Å². The third-order valence-electron chi connectivity index (χ3n) is 2.56. The van der Waals surface area contributed by atoms with Gasteiger partial charge in [0.2, 0.25) is 0 Å². The fourth-order valence-corrected chi connectivity index (χ4v) is 1.69. The number of ether oxygens (including phenoxy) is 2. The van der Waals surface area contributed by atoms with Gasteiger partial charge in [-0.1, -0.05) is 13.8 Å². The van der Waals surface area contributed by atoms with Crippen LogP contribution in [0.3, 0.4) is 0 Å². The Morgan fingerprint density at radius 1 is 1.47 bits per heavy atom. The number of hydrogen-bond donors (Lipinski definition) is 2. The van der Waals surface area contributed by atoms with Crippen molar-refractivity contribution in [1.82, 2.24) is 5.32 Å². The average Bonchev–Trinajstić information content (AvgIpc) is 2.89. The summed E-state index contributed by atoms with van der Waals surface area (Å²) in [6, 6.07) is -0.123. The summed E-state index contributed by atoms with van der Waals surface area (Å²) in [6.45, 7) is 9.45. The molecule has 0 aromatic heterocycles. The Balaban J connectivity index is 2.48. The number of carbonyl (C=O) groups is 1. The van der Waals surface area contributed by atoms with Crippen LogP contribution in [0.25, 0.3) is 0 Å². The molecular weight excluding hydrogens is 222 g/mol. The standard InChI is InChI=1S/C12H23NO4/c1-7(2)9(10-8(6-14)16-10)13-11(15)17-12(3,4)5/h7-10,14H,6H2,1-5H3,(H,13,15)/t8-,9+,10+/m1/s1. The number of epoxide rings is 1. The van der Waals surface area contributed by atoms with Gasteiger partial charge in [0, 0.05) is 0 Å². The van der Waals surface area contributed by atoms with Crippen LogP contribution in [0.15, 0.2) is 0 Å². The highest BCUT2D eigenvalue weighted by Gasteiger charge is 2.46. The summed E-state index contributed by atoms with van der Waals surface area (Å²) in [5.74, 6) is 0.226. The predicted molar refractivity (Wildman–Crippen MR) is 63.7 cm³/mol. The van der Waals surface area contributed by atoms with Crippen LogP contribution in [0, 0.1) is 5.92 Å². The molecule has 3 atom stereocenters. The predicted octanol–water partition coefficient (Wildman–Crippen LogP) is 1.30. The first kappa shape index (κ1) is 14.3. The molecule has 0 spiro atoms. The van der Waals surface area contributed by atoms with Gasteiger partial charge >= 0.3 is 6.09 Å². The van der Waals surface area contributed by atoms with Crippen molar-refractivity contribution in [2.24, 2.45) is 5.92 Å². The van der Waals surface area contributed by atoms with Gasteiger partial charge in [-0.05, 0) is 26.7 Å². The molecule has 1 saturated heterocycles. The van der Waals surface area contributed by atoms with Crippen LogP contribution in [0.1, 0.15) is 34.6 Å². The first-order valence-electron chi connectivity index (χ1n) is 6.00. The van der Waals surface area contributed by atoms with E-state index in [0.29, 0.717) is 0 Å². The third kappa shape index (κ3) is 4.52. The van der Waals surface area contributed by atoms with E-state index in [9.17, 15) is 4.79 Å². The van der Waals surface area contributed by atoms with Crippen LogP contribution in [-0.2, 0) is 9.47 Å². The average molecular weight is 245 g/mol. The Morgan fingerprint density at radius 2 is 2.06 bits per heavy atom. The van der Waals surface area contributed by atoms with Crippen molar-refractivity contribution in [1.29, 1.82) is 0 Å². The van der Waals surface area contributed by atoms with E-state index >= 15 is 0 Å². The van der Waals surface area contributed by atoms with E-state index in [1.807, 2.05) is 34.6 Å². The molecule has 1 rings (SSSR count). The molecule has 2 N–H and O–H groups in total. The van der Waals surface area contributed by atoms with Gasteiger partial charge in [-0.15, -0.1) is 0 Å². The van der Waals surface area contributed by atoms with Crippen LogP contribution >= 0.6 is 0 Å². The minimum atomic E-state index is -0.508. The molecule has 1 heterocycles. The van der Waals surface area contributed by atoms with Gasteiger partial charge in [0.15, 0.2) is 0 Å². The number of aliphatic hydroxyl groups excluding tert-OH is 1. The largest absolute Gasteiger partial charge is 0.444 e. The first-order valence-corrected chi connectivity index (χ1v) is 6.00. The van der Waals surface area contributed by atoms with Crippen LogP contribution in [0.4, 0.5) is 4.79 Å². The highest BCUT2D eigenvalue weighted by Crippen LogP contribution is 2.28. The lowest BCUT2D eigenvalue weighted by molar-refractivity contribution is 0.0478. The molecule has 0 aliphatic carbocycles. The summed E-state index contributed by atoms with van der Waals surface area (Å²) in [6.07, 6.45) is -0.701. The number of carbonyl (C=O) groups excluding carboxylic acids is 1. The molecule has 1 fully saturated rings. The molecule has 0 radical (unpaired) electrons. The Bertz CT molecular complexity index is 272. The Labute approximate surface area is 102 Å². The van der Waals surface area contributed by atoms with Crippen molar-refractivity contribution in [3.63, 3.8) is 0 Å². The zero-order valence-corrected chi connectivity index (χ0v) is 11.2. The molecule has 5 nitrogen and oxygen atoms in total. The molecule has 100 valence electrons. The molecule has 0 aromatic rings. The second-order valence-electron chi connectivity index (χ2n) is 5.74. The molecule has 17 heavy (non-hydrogen) atoms. The maximum absolute atomic E-state index is 11.6. The Kier molecular flexibility index (Phi) is 4.38. The van der Waals surface area contributed by atoms with Gasteiger partial charge < -0.3 is 19.9 Å². The van der Waals surface area contributed by atoms with E-state index in [-0.39, 0.29) is 30.8 Å². The molecule has 0 bridgehead atoms. The zero-order chi connectivity index (χ0) is 13.2. The van der Waals surface area contributed by atoms with Crippen molar-refractivity contribution in [3.8, 4) is 0 Å². The fraction of sp³-hybridized carbons (Fsp3) is 0.917. The lowest BCUT2D eigenvalue weighted by atomic mass is 9.99. The smallest absolute Gasteiger partial charge is 0.407 e. The summed E-state index contributed by atoms with van der Waals surface area (Å²) in [5.41, 5.74) is -0.508. The summed E-state index contributed by atoms with van der Waals surface area (Å²) in [7, 11) is 0. The highest BCUT2D eigenvalue weighted by atomic mass is 16.6. The normalized spacial score (nSPS) is 25.6. The molecule has 0 unspecified atom stereocenters. The molecule has 1 aliphatic heterocycles. The molecule has 1 aliphatic rings. The van der Waals surface area contributed by atoms with E-state index in [2.05, 4.69) is 5.32 Å². The SMILES string of the molecule is CC(C)[C@H](NC(=O)OC(C)(C)C)[C@H]1O[C@@H]1CO. The van der Waals surface area contributed by atoms with Gasteiger partial charge in [-0.3, -0.25) is 0 Å². The summed E-state index contributed by atoms with van der Waals surface area (Å²) in [5, 5.41) is 11.8. The Morgan fingerprint density at radius 3 is 2.41 bits per heavy atom. The maximum Gasteiger partial charge on any atom is 0.407 e. The molecule has 1 amide bonds. The van der Waals surface area contributed by atoms with Crippen molar-refractivity contribution in [3.05, 3.63) is 0 Å². The Hall–Kier alpha value is -0.810. The molecule has 5 heteroatoms. The van der Waals surface area contributed by atoms with E-state index in [1.165, 1.54) is 0 Å². The second-order valence-corrected chi connectivity index (χ2v) is 5.74. The quantitative estimate of drug-likeness (QED) is 0.732. The number of amides is 1. The number of nitrogens with one attached hydrogen (secondary N) is 1. The fourth-order valence-electron chi connectivity index (χ4n) is 1.69. The molecule has 0 aromatic carbocycles. The van der Waals surface area contributed by atoms with E-state index in [0.717, 1.165) is 0 Å². The lowest BCUT2D eigenvalue weighted by Gasteiger charge is -2.24. The van der Waals surface area contributed by atoms with Crippen molar-refractivity contribution in [2.75, 3.05) is 6.61 Å². The third-order valence-corrected chi connectivity index (χ3v) is 2.56. The lowest BCUT2D eigenvalue weighted by Crippen LogP contribution is -2.45. The van der Waals surface area contributed by atoms with Crippen molar-refractivity contribution >= 4 is 6.09 Å². The van der Waals surface area contributed by atoms with Crippen molar-refractivity contribution < 1.29 is 19.4 Å². The van der Waals surface area contributed by atoms with Crippen LogP contribution in [-0.4, -0.2) is 41.7 Å². The van der Waals surface area contributed by atoms with Crippen LogP contribution in [0.5, 0.6) is 0 Å². The van der Waals surface area contributed by atoms with E-state index < -0.39 is 11.7 Å². The monoisotopic (exact) mass is 245 g/mol. The molecular formula is C12H23NO4. The minimum absolute atomic E-state index is 0.0100. The second kappa shape index (κ2) is 5.23. The first-order chi connectivity index (χ1) is 7.74. The van der Waals surface area contributed by atoms with Gasteiger partial charge in [0.05, 0.1) is 12.6 Å². The number of aliphatic hydroxyl groups is 1. The number of rotatable bonds is 4. The van der Waals surface area contributed by atoms with Crippen LogP contribution < -0.4 is 5.32 Å². The van der Waals surface area contributed by atoms with Crippen molar-refractivity contribution in [2.45, 2.75) is 58.5 Å². The highest BCUT2D eigenvalue weighted by molar-refractivity contribution is 5.68. The van der Waals surface area contributed by atoms with Gasteiger partial charge in [0.1, 0.15) is 17.8 Å².